The van der Waals surface area contributed by atoms with Gasteiger partial charge in [0.2, 0.25) is 0 Å². The number of methoxy groups -OCH3 is 1. The van der Waals surface area contributed by atoms with E-state index in [1.165, 1.54) is 20.4 Å². The fourth-order valence-electron chi connectivity index (χ4n) is 3.16. The summed E-state index contributed by atoms with van der Waals surface area (Å²) in [5.41, 5.74) is 6.82. The summed E-state index contributed by atoms with van der Waals surface area (Å²) in [6.07, 6.45) is 5.36. The summed E-state index contributed by atoms with van der Waals surface area (Å²) in [6.45, 7) is 1.37. The molecule has 0 fully saturated rings. The first kappa shape index (κ1) is 24.3. The number of fused-ring (bicyclic) bond motifs is 1. The van der Waals surface area contributed by atoms with Gasteiger partial charge in [0.25, 0.3) is 0 Å². The van der Waals surface area contributed by atoms with Crippen molar-refractivity contribution >= 4 is 46.6 Å². The van der Waals surface area contributed by atoms with E-state index in [0.717, 1.165) is 4.47 Å². The molecule has 2 unspecified atom stereocenters. The summed E-state index contributed by atoms with van der Waals surface area (Å²) in [6, 6.07) is 5.74. The van der Waals surface area contributed by atoms with Crippen LogP contribution in [0.3, 0.4) is 0 Å². The van der Waals surface area contributed by atoms with Gasteiger partial charge in [-0.25, -0.2) is 19.5 Å². The molecule has 1 aliphatic rings. The minimum absolute atomic E-state index is 0.120. The molecule has 2 aromatic heterocycles. The number of ether oxygens (including phenoxy) is 2. The Hall–Kier alpha value is -2.83. The number of benzene rings is 1. The lowest BCUT2D eigenvalue weighted by Crippen LogP contribution is -2.35. The summed E-state index contributed by atoms with van der Waals surface area (Å²) in [5.74, 6) is -0.0602. The normalized spacial score (nSPS) is 20.2. The SMILES string of the molecule is COC(=O)C(C)NP(=O)(OC[C@@H]1C=C[C@H](n2cnc3c(N)ncnc32)O1)Oc1ccc(Br)cc1. The van der Waals surface area contributed by atoms with Gasteiger partial charge in [-0.2, -0.15) is 5.09 Å². The number of imidazole rings is 1. The van der Waals surface area contributed by atoms with Crippen molar-refractivity contribution in [3.8, 4) is 5.75 Å². The molecule has 180 valence electrons. The van der Waals surface area contributed by atoms with Gasteiger partial charge < -0.3 is 19.7 Å². The van der Waals surface area contributed by atoms with Crippen LogP contribution in [0.1, 0.15) is 13.2 Å². The molecule has 1 aliphatic heterocycles. The maximum atomic E-state index is 13.5. The van der Waals surface area contributed by atoms with Crippen LogP contribution in [0.4, 0.5) is 5.82 Å². The summed E-state index contributed by atoms with van der Waals surface area (Å²) in [7, 11) is -2.76. The zero-order valence-electron chi connectivity index (χ0n) is 18.2. The van der Waals surface area contributed by atoms with E-state index in [9.17, 15) is 9.36 Å². The maximum absolute atomic E-state index is 13.5. The number of halogens is 1. The van der Waals surface area contributed by atoms with Crippen molar-refractivity contribution in [2.45, 2.75) is 25.3 Å². The highest BCUT2D eigenvalue weighted by molar-refractivity contribution is 9.10. The fraction of sp³-hybridized carbons (Fsp3) is 0.300. The molecule has 0 aliphatic carbocycles. The van der Waals surface area contributed by atoms with Crippen molar-refractivity contribution in [2.75, 3.05) is 19.5 Å². The molecule has 0 radical (unpaired) electrons. The zero-order valence-corrected chi connectivity index (χ0v) is 20.7. The van der Waals surface area contributed by atoms with Crippen LogP contribution in [0.2, 0.25) is 0 Å². The van der Waals surface area contributed by atoms with Crippen LogP contribution >= 0.6 is 23.7 Å². The van der Waals surface area contributed by atoms with E-state index in [1.54, 1.807) is 47.3 Å². The summed E-state index contributed by atoms with van der Waals surface area (Å²) in [5, 5.41) is 2.60. The highest BCUT2D eigenvalue weighted by Gasteiger charge is 2.34. The van der Waals surface area contributed by atoms with Crippen LogP contribution in [-0.2, 0) is 23.4 Å². The number of carbonyl (C=O) groups is 1. The Morgan fingerprint density at radius 1 is 1.29 bits per heavy atom. The van der Waals surface area contributed by atoms with Gasteiger partial charge in [-0.05, 0) is 37.3 Å². The van der Waals surface area contributed by atoms with Gasteiger partial charge in [0, 0.05) is 4.47 Å². The van der Waals surface area contributed by atoms with Gasteiger partial charge in [-0.3, -0.25) is 13.9 Å². The zero-order chi connectivity index (χ0) is 24.3. The number of hydrogen-bond acceptors (Lipinski definition) is 10. The Kier molecular flexibility index (Phi) is 7.29. The molecular weight excluding hydrogens is 531 g/mol. The molecule has 0 saturated carbocycles. The van der Waals surface area contributed by atoms with Crippen molar-refractivity contribution < 1.29 is 27.9 Å². The summed E-state index contributed by atoms with van der Waals surface area (Å²) < 4.78 is 37.9. The molecule has 34 heavy (non-hydrogen) atoms. The first-order valence-corrected chi connectivity index (χ1v) is 12.4. The van der Waals surface area contributed by atoms with Crippen molar-refractivity contribution in [3.05, 3.63) is 53.5 Å². The Labute approximate surface area is 203 Å². The van der Waals surface area contributed by atoms with Gasteiger partial charge in [0.1, 0.15) is 29.7 Å². The number of aromatic nitrogens is 4. The van der Waals surface area contributed by atoms with E-state index in [-0.39, 0.29) is 12.4 Å². The highest BCUT2D eigenvalue weighted by atomic mass is 79.9. The first-order valence-electron chi connectivity index (χ1n) is 10.1. The van der Waals surface area contributed by atoms with E-state index < -0.39 is 32.1 Å². The molecule has 0 amide bonds. The van der Waals surface area contributed by atoms with E-state index in [4.69, 9.17) is 24.3 Å². The molecule has 1 aromatic carbocycles. The number of carbonyl (C=O) groups excluding carboxylic acids is 1. The van der Waals surface area contributed by atoms with Gasteiger partial charge in [0.05, 0.1) is 20.0 Å². The predicted molar refractivity (Wildman–Crippen MR) is 126 cm³/mol. The number of rotatable bonds is 9. The third-order valence-electron chi connectivity index (χ3n) is 4.82. The number of nitrogens with two attached hydrogens (primary N) is 1. The van der Waals surface area contributed by atoms with Gasteiger partial charge >= 0.3 is 13.7 Å². The number of nitrogens with one attached hydrogen (secondary N) is 1. The Bertz CT molecular complexity index is 1250. The second-order valence-electron chi connectivity index (χ2n) is 7.25. The quantitative estimate of drug-likeness (QED) is 0.229. The van der Waals surface area contributed by atoms with E-state index in [1.807, 2.05) is 0 Å². The first-order chi connectivity index (χ1) is 16.3. The number of anilines is 1. The average Bonchev–Trinajstić information content (AvgIpc) is 3.46. The van der Waals surface area contributed by atoms with Gasteiger partial charge in [0.15, 0.2) is 17.7 Å². The Morgan fingerprint density at radius 3 is 2.79 bits per heavy atom. The molecule has 14 heteroatoms. The van der Waals surface area contributed by atoms with Crippen molar-refractivity contribution in [1.29, 1.82) is 0 Å². The van der Waals surface area contributed by atoms with Crippen molar-refractivity contribution in [2.24, 2.45) is 0 Å². The number of hydrogen-bond donors (Lipinski definition) is 2. The average molecular weight is 553 g/mol. The van der Waals surface area contributed by atoms with Crippen LogP contribution < -0.4 is 15.3 Å². The molecular formula is C20H22BrN6O6P. The van der Waals surface area contributed by atoms with E-state index in [0.29, 0.717) is 16.9 Å². The Balaban J connectivity index is 1.45. The van der Waals surface area contributed by atoms with Crippen LogP contribution in [0.15, 0.2) is 53.5 Å². The third-order valence-corrected chi connectivity index (χ3v) is 6.99. The highest BCUT2D eigenvalue weighted by Crippen LogP contribution is 2.45. The minimum Gasteiger partial charge on any atom is -0.468 e. The minimum atomic E-state index is -3.99. The number of esters is 1. The van der Waals surface area contributed by atoms with Crippen LogP contribution in [0, 0.1) is 0 Å². The fourth-order valence-corrected chi connectivity index (χ4v) is 4.93. The molecule has 0 saturated heterocycles. The lowest BCUT2D eigenvalue weighted by molar-refractivity contribution is -0.142. The lowest BCUT2D eigenvalue weighted by atomic mass is 10.3. The molecule has 12 nitrogen and oxygen atoms in total. The molecule has 0 bridgehead atoms. The molecule has 4 rings (SSSR count). The van der Waals surface area contributed by atoms with E-state index >= 15 is 0 Å². The van der Waals surface area contributed by atoms with Gasteiger partial charge in [-0.1, -0.05) is 22.0 Å². The predicted octanol–water partition coefficient (Wildman–Crippen LogP) is 2.98. The number of nitrogens with zero attached hydrogens (tertiary/aromatic N) is 4. The molecule has 0 spiro atoms. The van der Waals surface area contributed by atoms with Crippen LogP contribution in [0.25, 0.3) is 11.2 Å². The number of nitrogen functional groups attached to an aromatic ring is 1. The van der Waals surface area contributed by atoms with Crippen LogP contribution in [-0.4, -0.2) is 51.4 Å². The molecule has 3 heterocycles. The Morgan fingerprint density at radius 2 is 2.06 bits per heavy atom. The largest absolute Gasteiger partial charge is 0.468 e. The van der Waals surface area contributed by atoms with Crippen molar-refractivity contribution in [1.82, 2.24) is 24.6 Å². The standard InChI is InChI=1S/C20H22BrN6O6P/c1-12(20(28)30-2)26-34(29,33-14-5-3-13(21)4-6-14)31-9-15-7-8-16(32-15)27-11-25-17-18(22)23-10-24-19(17)27/h3-8,10-12,15-16H,9H2,1-2H3,(H,26,29)(H2,22,23,24)/t12?,15-,16+,34?/m0/s1. The van der Waals surface area contributed by atoms with Crippen molar-refractivity contribution in [3.63, 3.8) is 0 Å². The van der Waals surface area contributed by atoms with E-state index in [2.05, 4.69) is 36.0 Å². The monoisotopic (exact) mass is 552 g/mol. The maximum Gasteiger partial charge on any atom is 0.459 e. The smallest absolute Gasteiger partial charge is 0.459 e. The lowest BCUT2D eigenvalue weighted by Gasteiger charge is -2.24. The summed E-state index contributed by atoms with van der Waals surface area (Å²) in [4.78, 5) is 24.2. The summed E-state index contributed by atoms with van der Waals surface area (Å²) >= 11 is 3.33. The molecule has 3 aromatic rings. The molecule has 4 atom stereocenters. The van der Waals surface area contributed by atoms with Gasteiger partial charge in [-0.15, -0.1) is 0 Å². The topological polar surface area (TPSA) is 153 Å². The third kappa shape index (κ3) is 5.45. The second-order valence-corrected chi connectivity index (χ2v) is 9.85. The van der Waals surface area contributed by atoms with Crippen LogP contribution in [0.5, 0.6) is 5.75 Å². The second kappa shape index (κ2) is 10.2. The molecule has 3 N–H and O–H groups in total.